The van der Waals surface area contributed by atoms with Gasteiger partial charge in [0.1, 0.15) is 0 Å². The highest BCUT2D eigenvalue weighted by molar-refractivity contribution is 7.89. The molecule has 0 N–H and O–H groups in total. The molecule has 0 saturated carbocycles. The lowest BCUT2D eigenvalue weighted by atomic mass is 9.96. The molecule has 7 nitrogen and oxygen atoms in total. The molecule has 0 radical (unpaired) electrons. The van der Waals surface area contributed by atoms with E-state index in [-0.39, 0.29) is 16.7 Å². The number of carbonyl (C=O) groups excluding carboxylic acids is 1. The van der Waals surface area contributed by atoms with Crippen molar-refractivity contribution in [1.29, 1.82) is 0 Å². The maximum absolute atomic E-state index is 13.7. The van der Waals surface area contributed by atoms with E-state index in [0.29, 0.717) is 42.6 Å². The molecule has 0 unspecified atom stereocenters. The van der Waals surface area contributed by atoms with Crippen LogP contribution in [0.15, 0.2) is 47.4 Å². The molecule has 2 heterocycles. The molecule has 1 fully saturated rings. The topological polar surface area (TPSA) is 73.8 Å². The van der Waals surface area contributed by atoms with Gasteiger partial charge in [0.25, 0.3) is 0 Å². The fourth-order valence-electron chi connectivity index (χ4n) is 4.30. The number of rotatable bonds is 8. The highest BCUT2D eigenvalue weighted by Gasteiger charge is 2.35. The number of benzene rings is 2. The molecule has 10 heteroatoms. The summed E-state index contributed by atoms with van der Waals surface area (Å²) in [7, 11) is 0.423. The van der Waals surface area contributed by atoms with Crippen LogP contribution in [0.3, 0.4) is 0 Å². The summed E-state index contributed by atoms with van der Waals surface area (Å²) in [5.74, 6) is -0.206. The molecule has 1 amide bonds. The number of hydrogen-bond donors (Lipinski definition) is 0. The molecule has 0 aliphatic carbocycles. The van der Waals surface area contributed by atoms with E-state index in [4.69, 9.17) is 16.6 Å². The van der Waals surface area contributed by atoms with E-state index in [2.05, 4.69) is 11.0 Å². The molecule has 0 atom stereocenters. The van der Waals surface area contributed by atoms with Gasteiger partial charge in [0.2, 0.25) is 15.9 Å². The van der Waals surface area contributed by atoms with Crippen molar-refractivity contribution in [2.75, 3.05) is 45.2 Å². The van der Waals surface area contributed by atoms with Gasteiger partial charge in [0, 0.05) is 30.6 Å². The summed E-state index contributed by atoms with van der Waals surface area (Å²) in [6, 6.07) is 12.3. The second kappa shape index (κ2) is 10.9. The number of piperidine rings is 1. The van der Waals surface area contributed by atoms with Gasteiger partial charge in [0.05, 0.1) is 15.1 Å². The van der Waals surface area contributed by atoms with Gasteiger partial charge in [-0.3, -0.25) is 9.69 Å². The van der Waals surface area contributed by atoms with Gasteiger partial charge >= 0.3 is 0 Å². The first kappa shape index (κ1) is 26.0. The predicted octanol–water partition coefficient (Wildman–Crippen LogP) is 4.64. The van der Waals surface area contributed by atoms with Gasteiger partial charge in [0.15, 0.2) is 5.13 Å². The number of aryl methyl sites for hydroxylation is 1. The van der Waals surface area contributed by atoms with Crippen molar-refractivity contribution in [3.8, 4) is 0 Å². The van der Waals surface area contributed by atoms with E-state index in [1.807, 2.05) is 38.1 Å². The van der Waals surface area contributed by atoms with Crippen LogP contribution in [0.5, 0.6) is 0 Å². The Morgan fingerprint density at radius 3 is 2.46 bits per heavy atom. The maximum Gasteiger partial charge on any atom is 0.243 e. The molecule has 0 bridgehead atoms. The third-order valence-corrected chi connectivity index (χ3v) is 9.48. The third kappa shape index (κ3) is 6.03. The molecular weight excluding hydrogens is 504 g/mol. The fourth-order valence-corrected chi connectivity index (χ4v) is 6.99. The Bertz CT molecular complexity index is 1280. The van der Waals surface area contributed by atoms with Crippen molar-refractivity contribution < 1.29 is 13.2 Å². The van der Waals surface area contributed by atoms with Crippen molar-refractivity contribution in [3.05, 3.63) is 53.1 Å². The summed E-state index contributed by atoms with van der Waals surface area (Å²) < 4.78 is 28.6. The average Bonchev–Trinajstić information content (AvgIpc) is 3.24. The van der Waals surface area contributed by atoms with Crippen molar-refractivity contribution >= 4 is 54.2 Å². The lowest BCUT2D eigenvalue weighted by molar-refractivity contribution is -0.123. The van der Waals surface area contributed by atoms with Crippen molar-refractivity contribution in [2.45, 2.75) is 31.1 Å². The standard InChI is InChI=1S/C25H31ClN4O3S2/c1-18-5-10-22-23(17-18)34-25(27-22)30(14-4-13-28(2)3)24(31)19-11-15-29(16-12-19)35(32,33)21-8-6-20(26)7-9-21/h5-10,17,19H,4,11-16H2,1-3H3. The Balaban J connectivity index is 1.49. The van der Waals surface area contributed by atoms with Crippen molar-refractivity contribution in [3.63, 3.8) is 0 Å². The second-order valence-electron chi connectivity index (χ2n) is 9.25. The minimum absolute atomic E-state index is 0.0306. The van der Waals surface area contributed by atoms with Crippen LogP contribution in [0.1, 0.15) is 24.8 Å². The minimum Gasteiger partial charge on any atom is -0.309 e. The lowest BCUT2D eigenvalue weighted by Gasteiger charge is -2.33. The number of halogens is 1. The second-order valence-corrected chi connectivity index (χ2v) is 12.6. The van der Waals surface area contributed by atoms with Gasteiger partial charge < -0.3 is 4.90 Å². The van der Waals surface area contributed by atoms with Crippen LogP contribution in [0.4, 0.5) is 5.13 Å². The van der Waals surface area contributed by atoms with Crippen LogP contribution in [-0.2, 0) is 14.8 Å². The molecule has 1 saturated heterocycles. The van der Waals surface area contributed by atoms with E-state index in [9.17, 15) is 13.2 Å². The quantitative estimate of drug-likeness (QED) is 0.421. The maximum atomic E-state index is 13.7. The van der Waals surface area contributed by atoms with E-state index in [1.165, 1.54) is 27.8 Å². The molecule has 4 rings (SSSR count). The molecule has 2 aromatic carbocycles. The Kier molecular flexibility index (Phi) is 8.12. The summed E-state index contributed by atoms with van der Waals surface area (Å²) in [4.78, 5) is 22.6. The number of hydrogen-bond acceptors (Lipinski definition) is 6. The van der Waals surface area contributed by atoms with E-state index >= 15 is 0 Å². The number of anilines is 1. The molecule has 188 valence electrons. The summed E-state index contributed by atoms with van der Waals surface area (Å²) in [6.07, 6.45) is 1.80. The molecule has 1 aliphatic rings. The third-order valence-electron chi connectivity index (χ3n) is 6.27. The molecule has 1 aliphatic heterocycles. The Morgan fingerprint density at radius 1 is 1.11 bits per heavy atom. The molecule has 3 aromatic rings. The Morgan fingerprint density at radius 2 is 1.80 bits per heavy atom. The van der Waals surface area contributed by atoms with E-state index in [0.717, 1.165) is 28.7 Å². The minimum atomic E-state index is -3.61. The predicted molar refractivity (Wildman–Crippen MR) is 143 cm³/mol. The number of amides is 1. The number of nitrogens with zero attached hydrogens (tertiary/aromatic N) is 4. The van der Waals surface area contributed by atoms with Gasteiger partial charge in [-0.05, 0) is 88.8 Å². The van der Waals surface area contributed by atoms with Crippen molar-refractivity contribution in [2.24, 2.45) is 5.92 Å². The number of fused-ring (bicyclic) bond motifs is 1. The van der Waals surface area contributed by atoms with E-state index in [1.54, 1.807) is 12.1 Å². The lowest BCUT2D eigenvalue weighted by Crippen LogP contribution is -2.45. The number of carbonyl (C=O) groups is 1. The van der Waals surface area contributed by atoms with Crippen LogP contribution in [0.25, 0.3) is 10.2 Å². The van der Waals surface area contributed by atoms with Crippen LogP contribution >= 0.6 is 22.9 Å². The zero-order chi connectivity index (χ0) is 25.2. The summed E-state index contributed by atoms with van der Waals surface area (Å²) >= 11 is 7.45. The van der Waals surface area contributed by atoms with Crippen LogP contribution in [0, 0.1) is 12.8 Å². The zero-order valence-corrected chi connectivity index (χ0v) is 22.7. The van der Waals surface area contributed by atoms with Crippen LogP contribution < -0.4 is 4.90 Å². The molecular formula is C25H31ClN4O3S2. The summed E-state index contributed by atoms with van der Waals surface area (Å²) in [5, 5.41) is 1.21. The van der Waals surface area contributed by atoms with Crippen LogP contribution in [0.2, 0.25) is 5.02 Å². The normalized spacial score (nSPS) is 15.7. The summed E-state index contributed by atoms with van der Waals surface area (Å²) in [6.45, 7) is 4.12. The smallest absolute Gasteiger partial charge is 0.243 e. The molecule has 0 spiro atoms. The zero-order valence-electron chi connectivity index (χ0n) is 20.3. The highest BCUT2D eigenvalue weighted by atomic mass is 35.5. The molecule has 1 aromatic heterocycles. The average molecular weight is 535 g/mol. The highest BCUT2D eigenvalue weighted by Crippen LogP contribution is 2.32. The van der Waals surface area contributed by atoms with Crippen molar-refractivity contribution in [1.82, 2.24) is 14.2 Å². The van der Waals surface area contributed by atoms with Crippen LogP contribution in [-0.4, -0.2) is 68.8 Å². The Labute approximate surface area is 216 Å². The fraction of sp³-hybridized carbons (Fsp3) is 0.440. The first-order chi connectivity index (χ1) is 16.6. The summed E-state index contributed by atoms with van der Waals surface area (Å²) in [5.41, 5.74) is 2.05. The van der Waals surface area contributed by atoms with Gasteiger partial charge in [-0.2, -0.15) is 4.31 Å². The largest absolute Gasteiger partial charge is 0.309 e. The van der Waals surface area contributed by atoms with Gasteiger partial charge in [-0.15, -0.1) is 0 Å². The SMILES string of the molecule is Cc1ccc2nc(N(CCCN(C)C)C(=O)C3CCN(S(=O)(=O)c4ccc(Cl)cc4)CC3)sc2c1. The number of thiazole rings is 1. The molecule has 35 heavy (non-hydrogen) atoms. The number of sulfonamides is 1. The first-order valence-electron chi connectivity index (χ1n) is 11.7. The van der Waals surface area contributed by atoms with Gasteiger partial charge in [-0.25, -0.2) is 13.4 Å². The number of aromatic nitrogens is 1. The first-order valence-corrected chi connectivity index (χ1v) is 14.4. The van der Waals surface area contributed by atoms with E-state index < -0.39 is 10.0 Å². The monoisotopic (exact) mass is 534 g/mol. The Hall–Kier alpha value is -2.04. The van der Waals surface area contributed by atoms with Gasteiger partial charge in [-0.1, -0.05) is 29.0 Å².